The van der Waals surface area contributed by atoms with Crippen LogP contribution in [0.2, 0.25) is 0 Å². The van der Waals surface area contributed by atoms with Gasteiger partial charge in [-0.25, -0.2) is 4.98 Å². The van der Waals surface area contributed by atoms with Crippen molar-refractivity contribution in [2.45, 2.75) is 13.5 Å². The van der Waals surface area contributed by atoms with Crippen LogP contribution in [0.4, 0.5) is 0 Å². The third-order valence-electron chi connectivity index (χ3n) is 2.25. The Bertz CT molecular complexity index is 514. The van der Waals surface area contributed by atoms with Gasteiger partial charge in [0.2, 0.25) is 0 Å². The van der Waals surface area contributed by atoms with Gasteiger partial charge in [0.25, 0.3) is 0 Å². The SMILES string of the molecule is Cc1nc(Oc2ccc(Br)cc2)ncc1CO. The van der Waals surface area contributed by atoms with Gasteiger partial charge >= 0.3 is 6.01 Å². The molecule has 2 aromatic rings. The molecule has 0 saturated carbocycles. The third-order valence-corrected chi connectivity index (χ3v) is 2.78. The molecule has 0 aliphatic heterocycles. The van der Waals surface area contributed by atoms with Gasteiger partial charge in [0.1, 0.15) is 5.75 Å². The van der Waals surface area contributed by atoms with E-state index in [0.29, 0.717) is 11.3 Å². The van der Waals surface area contributed by atoms with Gasteiger partial charge in [-0.3, -0.25) is 0 Å². The van der Waals surface area contributed by atoms with E-state index in [-0.39, 0.29) is 12.6 Å². The number of halogens is 1. The summed E-state index contributed by atoms with van der Waals surface area (Å²) >= 11 is 3.35. The minimum Gasteiger partial charge on any atom is -0.424 e. The largest absolute Gasteiger partial charge is 0.424 e. The molecule has 0 aliphatic carbocycles. The summed E-state index contributed by atoms with van der Waals surface area (Å²) < 4.78 is 6.47. The zero-order valence-corrected chi connectivity index (χ0v) is 10.8. The molecule has 4 nitrogen and oxygen atoms in total. The average molecular weight is 295 g/mol. The standard InChI is InChI=1S/C12H11BrN2O2/c1-8-9(7-16)6-14-12(15-8)17-11-4-2-10(13)3-5-11/h2-6,16H,7H2,1H3. The molecule has 0 aliphatic rings. The molecule has 1 aromatic heterocycles. The molecular formula is C12H11BrN2O2. The maximum Gasteiger partial charge on any atom is 0.322 e. The molecule has 1 aromatic carbocycles. The second-order valence-electron chi connectivity index (χ2n) is 3.48. The van der Waals surface area contributed by atoms with E-state index in [1.165, 1.54) is 0 Å². The number of hydrogen-bond donors (Lipinski definition) is 1. The van der Waals surface area contributed by atoms with Crippen LogP contribution in [0.5, 0.6) is 11.8 Å². The zero-order chi connectivity index (χ0) is 12.3. The highest BCUT2D eigenvalue weighted by Gasteiger charge is 2.04. The van der Waals surface area contributed by atoms with Crippen molar-refractivity contribution < 1.29 is 9.84 Å². The predicted octanol–water partition coefficient (Wildman–Crippen LogP) is 2.83. The van der Waals surface area contributed by atoms with Gasteiger partial charge in [-0.05, 0) is 31.2 Å². The highest BCUT2D eigenvalue weighted by atomic mass is 79.9. The number of aryl methyl sites for hydroxylation is 1. The highest BCUT2D eigenvalue weighted by molar-refractivity contribution is 9.10. The van der Waals surface area contributed by atoms with Gasteiger partial charge in [0.15, 0.2) is 0 Å². The Hall–Kier alpha value is -1.46. The van der Waals surface area contributed by atoms with Gasteiger partial charge in [-0.1, -0.05) is 15.9 Å². The Labute approximate surface area is 107 Å². The summed E-state index contributed by atoms with van der Waals surface area (Å²) in [5.41, 5.74) is 1.42. The molecule has 0 spiro atoms. The van der Waals surface area contributed by atoms with Crippen LogP contribution in [0.15, 0.2) is 34.9 Å². The molecule has 0 unspecified atom stereocenters. The zero-order valence-electron chi connectivity index (χ0n) is 9.22. The van der Waals surface area contributed by atoms with Gasteiger partial charge in [-0.2, -0.15) is 4.98 Å². The summed E-state index contributed by atoms with van der Waals surface area (Å²) in [6.45, 7) is 1.74. The lowest BCUT2D eigenvalue weighted by atomic mass is 10.3. The van der Waals surface area contributed by atoms with Crippen LogP contribution >= 0.6 is 15.9 Å². The molecule has 5 heteroatoms. The van der Waals surface area contributed by atoms with Crippen molar-refractivity contribution in [3.63, 3.8) is 0 Å². The van der Waals surface area contributed by atoms with E-state index in [2.05, 4.69) is 25.9 Å². The number of ether oxygens (including phenoxy) is 1. The van der Waals surface area contributed by atoms with E-state index in [4.69, 9.17) is 9.84 Å². The van der Waals surface area contributed by atoms with E-state index in [1.54, 1.807) is 6.20 Å². The van der Waals surface area contributed by atoms with Crippen LogP contribution in [0.1, 0.15) is 11.3 Å². The molecule has 17 heavy (non-hydrogen) atoms. The lowest BCUT2D eigenvalue weighted by Gasteiger charge is -2.06. The van der Waals surface area contributed by atoms with E-state index in [0.717, 1.165) is 10.2 Å². The first-order chi connectivity index (χ1) is 8.19. The van der Waals surface area contributed by atoms with Crippen molar-refractivity contribution in [2.24, 2.45) is 0 Å². The summed E-state index contributed by atoms with van der Waals surface area (Å²) in [6.07, 6.45) is 1.57. The first-order valence-electron chi connectivity index (χ1n) is 5.06. The van der Waals surface area contributed by atoms with Gasteiger partial charge in [-0.15, -0.1) is 0 Å². The maximum atomic E-state index is 9.00. The van der Waals surface area contributed by atoms with Crippen LogP contribution in [-0.2, 0) is 6.61 Å². The van der Waals surface area contributed by atoms with Crippen molar-refractivity contribution in [1.29, 1.82) is 0 Å². The number of aliphatic hydroxyl groups excluding tert-OH is 1. The van der Waals surface area contributed by atoms with Gasteiger partial charge in [0, 0.05) is 16.2 Å². The first-order valence-corrected chi connectivity index (χ1v) is 5.85. The van der Waals surface area contributed by atoms with Gasteiger partial charge in [0.05, 0.1) is 12.3 Å². The number of rotatable bonds is 3. The maximum absolute atomic E-state index is 9.00. The minimum absolute atomic E-state index is 0.0651. The first kappa shape index (κ1) is 12.0. The summed E-state index contributed by atoms with van der Waals surface area (Å²) in [6, 6.07) is 7.68. The number of aliphatic hydroxyl groups is 1. The molecule has 0 saturated heterocycles. The normalized spacial score (nSPS) is 10.3. The summed E-state index contributed by atoms with van der Waals surface area (Å²) in [5.74, 6) is 0.671. The quantitative estimate of drug-likeness (QED) is 0.946. The molecule has 0 amide bonds. The van der Waals surface area contributed by atoms with Crippen LogP contribution in [0.3, 0.4) is 0 Å². The molecule has 1 heterocycles. The Morgan fingerprint density at radius 1 is 1.29 bits per heavy atom. The molecule has 88 valence electrons. The lowest BCUT2D eigenvalue weighted by Crippen LogP contribution is -1.98. The van der Waals surface area contributed by atoms with Crippen LogP contribution in [0.25, 0.3) is 0 Å². The molecule has 1 N–H and O–H groups in total. The Balaban J connectivity index is 2.19. The molecule has 0 fully saturated rings. The van der Waals surface area contributed by atoms with Crippen LogP contribution in [0, 0.1) is 6.92 Å². The third kappa shape index (κ3) is 3.01. The predicted molar refractivity (Wildman–Crippen MR) is 66.9 cm³/mol. The number of benzene rings is 1. The number of nitrogens with zero attached hydrogens (tertiary/aromatic N) is 2. The Morgan fingerprint density at radius 2 is 2.00 bits per heavy atom. The number of aromatic nitrogens is 2. The van der Waals surface area contributed by atoms with E-state index in [9.17, 15) is 0 Å². The van der Waals surface area contributed by atoms with Gasteiger partial charge < -0.3 is 9.84 Å². The molecular weight excluding hydrogens is 284 g/mol. The summed E-state index contributed by atoms with van der Waals surface area (Å²) in [7, 11) is 0. The van der Waals surface area contributed by atoms with Crippen LogP contribution in [-0.4, -0.2) is 15.1 Å². The minimum atomic E-state index is -0.0651. The second kappa shape index (κ2) is 5.25. The monoisotopic (exact) mass is 294 g/mol. The van der Waals surface area contributed by atoms with E-state index in [1.807, 2.05) is 31.2 Å². The van der Waals surface area contributed by atoms with E-state index >= 15 is 0 Å². The molecule has 0 radical (unpaired) electrons. The number of hydrogen-bond acceptors (Lipinski definition) is 4. The summed E-state index contributed by atoms with van der Waals surface area (Å²) in [5, 5.41) is 9.00. The Kier molecular flexibility index (Phi) is 3.71. The van der Waals surface area contributed by atoms with Crippen molar-refractivity contribution >= 4 is 15.9 Å². The van der Waals surface area contributed by atoms with Crippen molar-refractivity contribution in [3.8, 4) is 11.8 Å². The lowest BCUT2D eigenvalue weighted by molar-refractivity contribution is 0.279. The fourth-order valence-corrected chi connectivity index (χ4v) is 1.55. The molecule has 2 rings (SSSR count). The van der Waals surface area contributed by atoms with E-state index < -0.39 is 0 Å². The Morgan fingerprint density at radius 3 is 2.59 bits per heavy atom. The molecule has 0 atom stereocenters. The van der Waals surface area contributed by atoms with Crippen molar-refractivity contribution in [2.75, 3.05) is 0 Å². The van der Waals surface area contributed by atoms with Crippen molar-refractivity contribution in [3.05, 3.63) is 46.2 Å². The fourth-order valence-electron chi connectivity index (χ4n) is 1.28. The fraction of sp³-hybridized carbons (Fsp3) is 0.167. The topological polar surface area (TPSA) is 55.2 Å². The average Bonchev–Trinajstić information content (AvgIpc) is 2.32. The molecule has 0 bridgehead atoms. The second-order valence-corrected chi connectivity index (χ2v) is 4.39. The van der Waals surface area contributed by atoms with Crippen LogP contribution < -0.4 is 4.74 Å². The van der Waals surface area contributed by atoms with Crippen molar-refractivity contribution in [1.82, 2.24) is 9.97 Å². The summed E-state index contributed by atoms with van der Waals surface area (Å²) in [4.78, 5) is 8.18. The smallest absolute Gasteiger partial charge is 0.322 e. The highest BCUT2D eigenvalue weighted by Crippen LogP contribution is 2.21.